The van der Waals surface area contributed by atoms with Gasteiger partial charge in [-0.25, -0.2) is 4.39 Å². The number of nitrogens with one attached hydrogen (secondary N) is 2. The van der Waals surface area contributed by atoms with Crippen LogP contribution in [0.4, 0.5) is 10.1 Å². The van der Waals surface area contributed by atoms with Crippen LogP contribution in [0.2, 0.25) is 5.02 Å². The Kier molecular flexibility index (Phi) is 6.21. The first kappa shape index (κ1) is 19.7. The number of carbonyl (C=O) groups is 2. The number of benzene rings is 2. The molecule has 0 saturated carbocycles. The van der Waals surface area contributed by atoms with Gasteiger partial charge in [-0.3, -0.25) is 9.59 Å². The maximum Gasteiger partial charge on any atom is 0.239 e. The molecule has 0 spiro atoms. The number of hydrogen-bond acceptors (Lipinski definition) is 3. The molecule has 5 nitrogen and oxygen atoms in total. The lowest BCUT2D eigenvalue weighted by Crippen LogP contribution is -2.44. The molecule has 0 heterocycles. The van der Waals surface area contributed by atoms with E-state index in [4.69, 9.17) is 16.3 Å². The molecule has 0 unspecified atom stereocenters. The minimum Gasteiger partial charge on any atom is -0.496 e. The van der Waals surface area contributed by atoms with Crippen molar-refractivity contribution in [1.82, 2.24) is 5.32 Å². The SMILES string of the molecule is COc1ccccc1CNC(=O)C(C)(C)C(=O)Nc1ccc(F)c(Cl)c1. The van der Waals surface area contributed by atoms with E-state index in [2.05, 4.69) is 10.6 Å². The highest BCUT2D eigenvalue weighted by Crippen LogP contribution is 2.23. The molecule has 0 fully saturated rings. The third-order valence-corrected chi connectivity index (χ3v) is 4.23. The van der Waals surface area contributed by atoms with Crippen LogP contribution in [0.15, 0.2) is 42.5 Å². The number of ether oxygens (including phenoxy) is 1. The number of carbonyl (C=O) groups excluding carboxylic acids is 2. The predicted molar refractivity (Wildman–Crippen MR) is 98.7 cm³/mol. The molecule has 2 aromatic rings. The number of amides is 2. The minimum absolute atomic E-state index is 0.110. The highest BCUT2D eigenvalue weighted by atomic mass is 35.5. The quantitative estimate of drug-likeness (QED) is 0.752. The van der Waals surface area contributed by atoms with Crippen molar-refractivity contribution in [2.45, 2.75) is 20.4 Å². The molecule has 0 saturated heterocycles. The Morgan fingerprint density at radius 1 is 1.15 bits per heavy atom. The Hall–Kier alpha value is -2.60. The van der Waals surface area contributed by atoms with E-state index in [0.717, 1.165) is 11.6 Å². The summed E-state index contributed by atoms with van der Waals surface area (Å²) >= 11 is 5.70. The van der Waals surface area contributed by atoms with Gasteiger partial charge in [-0.05, 0) is 38.1 Å². The predicted octanol–water partition coefficient (Wildman–Crippen LogP) is 3.77. The van der Waals surface area contributed by atoms with Crippen LogP contribution in [0.5, 0.6) is 5.75 Å². The Bertz CT molecular complexity index is 824. The second kappa shape index (κ2) is 8.19. The first-order chi connectivity index (χ1) is 12.3. The summed E-state index contributed by atoms with van der Waals surface area (Å²) in [6.07, 6.45) is 0. The molecule has 2 amide bonds. The lowest BCUT2D eigenvalue weighted by atomic mass is 9.90. The summed E-state index contributed by atoms with van der Waals surface area (Å²) in [7, 11) is 1.55. The number of rotatable bonds is 6. The average Bonchev–Trinajstić information content (AvgIpc) is 2.62. The largest absolute Gasteiger partial charge is 0.496 e. The van der Waals surface area contributed by atoms with E-state index in [-0.39, 0.29) is 11.6 Å². The van der Waals surface area contributed by atoms with Crippen molar-refractivity contribution in [3.63, 3.8) is 0 Å². The van der Waals surface area contributed by atoms with Gasteiger partial charge in [-0.2, -0.15) is 0 Å². The summed E-state index contributed by atoms with van der Waals surface area (Å²) < 4.78 is 18.4. The van der Waals surface area contributed by atoms with E-state index in [1.165, 1.54) is 26.0 Å². The second-order valence-electron chi connectivity index (χ2n) is 6.20. The summed E-state index contributed by atoms with van der Waals surface area (Å²) in [6, 6.07) is 11.1. The zero-order valence-electron chi connectivity index (χ0n) is 14.7. The first-order valence-electron chi connectivity index (χ1n) is 7.92. The molecule has 0 aromatic heterocycles. The Balaban J connectivity index is 2.03. The molecule has 0 aliphatic heterocycles. The summed E-state index contributed by atoms with van der Waals surface area (Å²) in [5, 5.41) is 5.20. The summed E-state index contributed by atoms with van der Waals surface area (Å²) in [4.78, 5) is 25.0. The van der Waals surface area contributed by atoms with Crippen molar-refractivity contribution in [3.05, 3.63) is 58.9 Å². The van der Waals surface area contributed by atoms with Gasteiger partial charge in [-0.1, -0.05) is 29.8 Å². The van der Waals surface area contributed by atoms with Gasteiger partial charge in [0.2, 0.25) is 11.8 Å². The van der Waals surface area contributed by atoms with Gasteiger partial charge >= 0.3 is 0 Å². The van der Waals surface area contributed by atoms with Gasteiger partial charge in [-0.15, -0.1) is 0 Å². The second-order valence-corrected chi connectivity index (χ2v) is 6.61. The minimum atomic E-state index is -1.34. The molecule has 2 aromatic carbocycles. The van der Waals surface area contributed by atoms with Gasteiger partial charge in [0.1, 0.15) is 17.0 Å². The smallest absolute Gasteiger partial charge is 0.239 e. The standard InChI is InChI=1S/C19H20ClFN2O3/c1-19(2,18(25)23-13-8-9-15(21)14(20)10-13)17(24)22-11-12-6-4-5-7-16(12)26-3/h4-10H,11H2,1-3H3,(H,22,24)(H,23,25). The van der Waals surface area contributed by atoms with E-state index in [1.807, 2.05) is 18.2 Å². The molecular weight excluding hydrogens is 359 g/mol. The maximum absolute atomic E-state index is 13.2. The van der Waals surface area contributed by atoms with Crippen molar-refractivity contribution in [2.24, 2.45) is 5.41 Å². The maximum atomic E-state index is 13.2. The normalized spacial score (nSPS) is 11.0. The molecule has 0 aliphatic carbocycles. The molecule has 26 heavy (non-hydrogen) atoms. The summed E-state index contributed by atoms with van der Waals surface area (Å²) in [5.41, 5.74) is -0.236. The molecule has 0 aliphatic rings. The van der Waals surface area contributed by atoms with Crippen LogP contribution in [-0.2, 0) is 16.1 Å². The fraction of sp³-hybridized carbons (Fsp3) is 0.263. The molecule has 2 rings (SSSR count). The first-order valence-corrected chi connectivity index (χ1v) is 8.30. The molecule has 7 heteroatoms. The number of halogens is 2. The Morgan fingerprint density at radius 2 is 1.85 bits per heavy atom. The van der Waals surface area contributed by atoms with E-state index in [1.54, 1.807) is 13.2 Å². The molecular formula is C19H20ClFN2O3. The van der Waals surface area contributed by atoms with Crippen molar-refractivity contribution < 1.29 is 18.7 Å². The third kappa shape index (κ3) is 4.52. The lowest BCUT2D eigenvalue weighted by Gasteiger charge is -2.23. The zero-order chi connectivity index (χ0) is 19.3. The summed E-state index contributed by atoms with van der Waals surface area (Å²) in [6.45, 7) is 3.23. The molecule has 0 bridgehead atoms. The number of anilines is 1. The molecule has 2 N–H and O–H groups in total. The van der Waals surface area contributed by atoms with E-state index in [9.17, 15) is 14.0 Å². The van der Waals surface area contributed by atoms with Crippen LogP contribution < -0.4 is 15.4 Å². The van der Waals surface area contributed by atoms with Gasteiger partial charge in [0.25, 0.3) is 0 Å². The zero-order valence-corrected chi connectivity index (χ0v) is 15.5. The van der Waals surface area contributed by atoms with Crippen LogP contribution in [0.1, 0.15) is 19.4 Å². The number of methoxy groups -OCH3 is 1. The molecule has 0 atom stereocenters. The Morgan fingerprint density at radius 3 is 2.50 bits per heavy atom. The van der Waals surface area contributed by atoms with E-state index in [0.29, 0.717) is 11.4 Å². The van der Waals surface area contributed by atoms with Gasteiger partial charge in [0.05, 0.1) is 12.1 Å². The molecule has 0 radical (unpaired) electrons. The van der Waals surface area contributed by atoms with Crippen LogP contribution in [0.3, 0.4) is 0 Å². The number of hydrogen-bond donors (Lipinski definition) is 2. The van der Waals surface area contributed by atoms with Crippen LogP contribution in [-0.4, -0.2) is 18.9 Å². The van der Waals surface area contributed by atoms with Crippen molar-refractivity contribution in [3.8, 4) is 5.75 Å². The fourth-order valence-electron chi connectivity index (χ4n) is 2.21. The average molecular weight is 379 g/mol. The highest BCUT2D eigenvalue weighted by Gasteiger charge is 2.36. The highest BCUT2D eigenvalue weighted by molar-refractivity contribution is 6.31. The van der Waals surface area contributed by atoms with Crippen LogP contribution in [0, 0.1) is 11.2 Å². The lowest BCUT2D eigenvalue weighted by molar-refractivity contribution is -0.138. The monoisotopic (exact) mass is 378 g/mol. The van der Waals surface area contributed by atoms with Crippen LogP contribution >= 0.6 is 11.6 Å². The Labute approximate surface area is 156 Å². The van der Waals surface area contributed by atoms with Crippen molar-refractivity contribution >= 4 is 29.1 Å². The van der Waals surface area contributed by atoms with E-state index >= 15 is 0 Å². The number of para-hydroxylation sites is 1. The fourth-order valence-corrected chi connectivity index (χ4v) is 2.39. The van der Waals surface area contributed by atoms with Crippen LogP contribution in [0.25, 0.3) is 0 Å². The van der Waals surface area contributed by atoms with Gasteiger partial charge < -0.3 is 15.4 Å². The molecule has 138 valence electrons. The van der Waals surface area contributed by atoms with Gasteiger partial charge in [0, 0.05) is 17.8 Å². The van der Waals surface area contributed by atoms with Crippen molar-refractivity contribution in [2.75, 3.05) is 12.4 Å². The third-order valence-electron chi connectivity index (χ3n) is 3.94. The van der Waals surface area contributed by atoms with Crippen molar-refractivity contribution in [1.29, 1.82) is 0 Å². The van der Waals surface area contributed by atoms with E-state index < -0.39 is 23.0 Å². The van der Waals surface area contributed by atoms with Gasteiger partial charge in [0.15, 0.2) is 0 Å². The topological polar surface area (TPSA) is 67.4 Å². The summed E-state index contributed by atoms with van der Waals surface area (Å²) in [5.74, 6) is -0.915.